The maximum atomic E-state index is 12.6. The van der Waals surface area contributed by atoms with Gasteiger partial charge in [0.15, 0.2) is 5.82 Å². The zero-order valence-corrected chi connectivity index (χ0v) is 16.9. The molecule has 0 spiro atoms. The summed E-state index contributed by atoms with van der Waals surface area (Å²) in [4.78, 5) is 16.6. The van der Waals surface area contributed by atoms with Crippen molar-refractivity contribution in [3.8, 4) is 0 Å². The predicted octanol–water partition coefficient (Wildman–Crippen LogP) is 1.22. The van der Waals surface area contributed by atoms with Crippen molar-refractivity contribution >= 4 is 15.9 Å². The number of hydrogen-bond donors (Lipinski definition) is 1. The number of ether oxygens (including phenoxy) is 1. The molecule has 0 atom stereocenters. The van der Waals surface area contributed by atoms with Crippen molar-refractivity contribution in [3.63, 3.8) is 0 Å². The van der Waals surface area contributed by atoms with Gasteiger partial charge in [-0.3, -0.25) is 4.79 Å². The molecule has 1 saturated carbocycles. The fraction of sp³-hybridized carbons (Fsp3) is 0.526. The average Bonchev–Trinajstić information content (AvgIpc) is 3.49. The van der Waals surface area contributed by atoms with E-state index in [0.717, 1.165) is 24.2 Å². The average molecular weight is 420 g/mol. The highest BCUT2D eigenvalue weighted by atomic mass is 32.2. The molecule has 2 heterocycles. The van der Waals surface area contributed by atoms with Crippen LogP contribution in [0.15, 0.2) is 33.7 Å². The van der Waals surface area contributed by atoms with Crippen molar-refractivity contribution < 1.29 is 22.5 Å². The summed E-state index contributed by atoms with van der Waals surface area (Å²) in [6, 6.07) is 6.69. The van der Waals surface area contributed by atoms with E-state index in [-0.39, 0.29) is 17.3 Å². The predicted molar refractivity (Wildman–Crippen MR) is 102 cm³/mol. The number of amides is 1. The number of hydrogen-bond acceptors (Lipinski definition) is 7. The lowest BCUT2D eigenvalue weighted by Crippen LogP contribution is -2.40. The topological polar surface area (TPSA) is 115 Å². The van der Waals surface area contributed by atoms with Crippen molar-refractivity contribution in [2.24, 2.45) is 0 Å². The van der Waals surface area contributed by atoms with Gasteiger partial charge in [0.25, 0.3) is 0 Å². The van der Waals surface area contributed by atoms with Gasteiger partial charge in [-0.25, -0.2) is 8.42 Å². The minimum Gasteiger partial charge on any atom is -0.379 e. The summed E-state index contributed by atoms with van der Waals surface area (Å²) in [5.74, 6) is 1.43. The third-order valence-electron chi connectivity index (χ3n) is 5.03. The van der Waals surface area contributed by atoms with Crippen LogP contribution in [0.2, 0.25) is 0 Å². The minimum absolute atomic E-state index is 0.124. The molecular weight excluding hydrogens is 396 g/mol. The maximum absolute atomic E-state index is 12.6. The van der Waals surface area contributed by atoms with E-state index in [1.54, 1.807) is 24.3 Å². The van der Waals surface area contributed by atoms with Crippen molar-refractivity contribution in [1.29, 1.82) is 0 Å². The van der Waals surface area contributed by atoms with Gasteiger partial charge in [-0.05, 0) is 37.0 Å². The molecule has 4 rings (SSSR count). The lowest BCUT2D eigenvalue weighted by Gasteiger charge is -2.26. The molecule has 1 saturated heterocycles. The fourth-order valence-electron chi connectivity index (χ4n) is 3.13. The molecule has 29 heavy (non-hydrogen) atoms. The number of nitrogens with zero attached hydrogens (tertiary/aromatic N) is 3. The first-order chi connectivity index (χ1) is 14.0. The lowest BCUT2D eigenvalue weighted by molar-refractivity contribution is -0.121. The molecule has 1 aromatic heterocycles. The van der Waals surface area contributed by atoms with Crippen LogP contribution in [0.25, 0.3) is 0 Å². The van der Waals surface area contributed by atoms with Crippen LogP contribution in [-0.4, -0.2) is 55.1 Å². The number of morpholine rings is 1. The van der Waals surface area contributed by atoms with E-state index in [1.165, 1.54) is 4.31 Å². The first-order valence-corrected chi connectivity index (χ1v) is 11.2. The second kappa shape index (κ2) is 8.60. The minimum atomic E-state index is -3.50. The fourth-order valence-corrected chi connectivity index (χ4v) is 4.54. The van der Waals surface area contributed by atoms with Gasteiger partial charge in [-0.15, -0.1) is 0 Å². The van der Waals surface area contributed by atoms with E-state index in [1.807, 2.05) is 0 Å². The van der Waals surface area contributed by atoms with E-state index in [9.17, 15) is 13.2 Å². The standard InChI is InChI=1S/C19H24N4O5S/c24-17(20-13-18-21-19(22-28-18)15-4-5-15)8-3-14-1-6-16(7-2-14)29(25,26)23-9-11-27-12-10-23/h1-2,6-7,15H,3-5,8-13H2,(H,20,24). The Morgan fingerprint density at radius 2 is 1.90 bits per heavy atom. The van der Waals surface area contributed by atoms with Crippen molar-refractivity contribution in [3.05, 3.63) is 41.5 Å². The number of carbonyl (C=O) groups is 1. The van der Waals surface area contributed by atoms with E-state index >= 15 is 0 Å². The van der Waals surface area contributed by atoms with Gasteiger partial charge in [0.2, 0.25) is 21.8 Å². The normalized spacial score (nSPS) is 17.9. The first kappa shape index (κ1) is 20.0. The molecule has 2 aliphatic rings. The number of nitrogens with one attached hydrogen (secondary N) is 1. The quantitative estimate of drug-likeness (QED) is 0.683. The third-order valence-corrected chi connectivity index (χ3v) is 6.95. The number of aryl methyl sites for hydroxylation is 1. The van der Waals surface area contributed by atoms with E-state index in [0.29, 0.717) is 51.0 Å². The van der Waals surface area contributed by atoms with Crippen LogP contribution in [0.5, 0.6) is 0 Å². The summed E-state index contributed by atoms with van der Waals surface area (Å²) < 4.78 is 37.0. The van der Waals surface area contributed by atoms with Crippen LogP contribution < -0.4 is 5.32 Å². The molecule has 156 valence electrons. The van der Waals surface area contributed by atoms with E-state index in [2.05, 4.69) is 15.5 Å². The molecule has 1 N–H and O–H groups in total. The van der Waals surface area contributed by atoms with Crippen molar-refractivity contribution in [2.45, 2.75) is 43.0 Å². The van der Waals surface area contributed by atoms with E-state index < -0.39 is 10.0 Å². The summed E-state index contributed by atoms with van der Waals surface area (Å²) in [5, 5.41) is 6.69. The molecule has 1 aromatic carbocycles. The molecule has 0 unspecified atom stereocenters. The Balaban J connectivity index is 1.25. The third kappa shape index (κ3) is 5.01. The molecular formula is C19H24N4O5S. The zero-order chi connectivity index (χ0) is 20.3. The summed E-state index contributed by atoms with van der Waals surface area (Å²) in [6.07, 6.45) is 3.00. The highest BCUT2D eigenvalue weighted by molar-refractivity contribution is 7.89. The van der Waals surface area contributed by atoms with Gasteiger partial charge in [-0.1, -0.05) is 17.3 Å². The highest BCUT2D eigenvalue weighted by Crippen LogP contribution is 2.38. The Bertz CT molecular complexity index is 947. The van der Waals surface area contributed by atoms with Gasteiger partial charge < -0.3 is 14.6 Å². The van der Waals surface area contributed by atoms with Gasteiger partial charge >= 0.3 is 0 Å². The molecule has 0 radical (unpaired) electrons. The lowest BCUT2D eigenvalue weighted by atomic mass is 10.1. The van der Waals surface area contributed by atoms with Gasteiger partial charge in [0.05, 0.1) is 24.7 Å². The Morgan fingerprint density at radius 3 is 2.59 bits per heavy atom. The van der Waals surface area contributed by atoms with Crippen LogP contribution in [0.4, 0.5) is 0 Å². The summed E-state index contributed by atoms with van der Waals surface area (Å²) >= 11 is 0. The summed E-state index contributed by atoms with van der Waals surface area (Å²) in [7, 11) is -3.50. The number of sulfonamides is 1. The monoisotopic (exact) mass is 420 g/mol. The Labute approximate surface area is 169 Å². The molecule has 1 aliphatic heterocycles. The van der Waals surface area contributed by atoms with E-state index in [4.69, 9.17) is 9.26 Å². The summed E-state index contributed by atoms with van der Waals surface area (Å²) in [5.41, 5.74) is 0.898. The Kier molecular flexibility index (Phi) is 5.93. The molecule has 1 amide bonds. The maximum Gasteiger partial charge on any atom is 0.246 e. The van der Waals surface area contributed by atoms with Gasteiger partial charge in [-0.2, -0.15) is 9.29 Å². The zero-order valence-electron chi connectivity index (χ0n) is 16.0. The number of aromatic nitrogens is 2. The number of carbonyl (C=O) groups excluding carboxylic acids is 1. The molecule has 10 heteroatoms. The van der Waals surface area contributed by atoms with Crippen LogP contribution in [-0.2, 0) is 32.5 Å². The number of benzene rings is 1. The van der Waals surface area contributed by atoms with Crippen LogP contribution in [0.3, 0.4) is 0 Å². The SMILES string of the molecule is O=C(CCc1ccc(S(=O)(=O)N2CCOCC2)cc1)NCc1nc(C2CC2)no1. The number of rotatable bonds is 8. The van der Waals surface area contributed by atoms with Crippen molar-refractivity contribution in [1.82, 2.24) is 19.8 Å². The van der Waals surface area contributed by atoms with Crippen LogP contribution >= 0.6 is 0 Å². The molecule has 2 fully saturated rings. The van der Waals surface area contributed by atoms with Crippen LogP contribution in [0.1, 0.15) is 42.5 Å². The van der Waals surface area contributed by atoms with Crippen LogP contribution in [0, 0.1) is 0 Å². The largest absolute Gasteiger partial charge is 0.379 e. The van der Waals surface area contributed by atoms with Gasteiger partial charge in [0, 0.05) is 25.4 Å². The molecule has 0 bridgehead atoms. The second-order valence-corrected chi connectivity index (χ2v) is 9.20. The summed E-state index contributed by atoms with van der Waals surface area (Å²) in [6.45, 7) is 1.78. The Hall–Kier alpha value is -2.30. The van der Waals surface area contributed by atoms with Gasteiger partial charge in [0.1, 0.15) is 0 Å². The molecule has 1 aliphatic carbocycles. The smallest absolute Gasteiger partial charge is 0.246 e. The second-order valence-electron chi connectivity index (χ2n) is 7.26. The molecule has 2 aromatic rings. The highest BCUT2D eigenvalue weighted by Gasteiger charge is 2.29. The first-order valence-electron chi connectivity index (χ1n) is 9.78. The molecule has 9 nitrogen and oxygen atoms in total. The van der Waals surface area contributed by atoms with Crippen molar-refractivity contribution in [2.75, 3.05) is 26.3 Å². The Morgan fingerprint density at radius 1 is 1.17 bits per heavy atom.